The second-order valence-corrected chi connectivity index (χ2v) is 13.9. The molecule has 6 rings (SSSR count). The molecule has 6 bridgehead atoms. The minimum atomic E-state index is -0.736. The highest BCUT2D eigenvalue weighted by Gasteiger charge is 2.35. The maximum absolute atomic E-state index is 13.3. The minimum Gasteiger partial charge on any atom is -0.464 e. The highest BCUT2D eigenvalue weighted by Crippen LogP contribution is 2.41. The number of carbonyl (C=O) groups excluding carboxylic acids is 2. The first-order chi connectivity index (χ1) is 21.6. The molecule has 10 heteroatoms. The number of nitrogens with one attached hydrogen (secondary N) is 1. The molecule has 0 radical (unpaired) electrons. The third-order valence-electron chi connectivity index (χ3n) is 9.44. The number of aryl methyl sites for hydroxylation is 1. The maximum Gasteiger partial charge on any atom is 0.324 e. The van der Waals surface area contributed by atoms with Gasteiger partial charge in [0.2, 0.25) is 0 Å². The molecule has 2 fully saturated rings. The Morgan fingerprint density at radius 3 is 2.78 bits per heavy atom. The number of fused-ring (bicyclic) bond motifs is 6. The summed E-state index contributed by atoms with van der Waals surface area (Å²) in [5.74, 6) is -0.300. The fraction of sp³-hybridized carbons (Fsp3) is 0.571. The Morgan fingerprint density at radius 1 is 1.18 bits per heavy atom. The van der Waals surface area contributed by atoms with Crippen molar-refractivity contribution < 1.29 is 19.1 Å². The fourth-order valence-corrected chi connectivity index (χ4v) is 7.19. The number of hydrogen-bond acceptors (Lipinski definition) is 8. The highest BCUT2D eigenvalue weighted by atomic mass is 16.5. The minimum absolute atomic E-state index is 0.184. The molecule has 0 spiro atoms. The molecular weight excluding hydrogens is 568 g/mol. The quantitative estimate of drug-likeness (QED) is 0.417. The molecule has 45 heavy (non-hydrogen) atoms. The number of benzene rings is 1. The van der Waals surface area contributed by atoms with Gasteiger partial charge in [-0.05, 0) is 74.4 Å². The van der Waals surface area contributed by atoms with Crippen molar-refractivity contribution in [2.45, 2.75) is 91.0 Å². The number of aromatic nitrogens is 2. The van der Waals surface area contributed by atoms with Crippen molar-refractivity contribution in [1.29, 1.82) is 0 Å². The third kappa shape index (κ3) is 6.33. The number of anilines is 1. The zero-order chi connectivity index (χ0) is 31.9. The van der Waals surface area contributed by atoms with Crippen molar-refractivity contribution in [3.63, 3.8) is 0 Å². The van der Waals surface area contributed by atoms with E-state index in [1.165, 1.54) is 27.2 Å². The van der Waals surface area contributed by atoms with E-state index >= 15 is 0 Å². The van der Waals surface area contributed by atoms with E-state index in [1.807, 2.05) is 12.3 Å². The Labute approximate surface area is 266 Å². The van der Waals surface area contributed by atoms with E-state index in [0.717, 1.165) is 30.0 Å². The average Bonchev–Trinajstić information content (AvgIpc) is 3.34. The molecule has 242 valence electrons. The van der Waals surface area contributed by atoms with Crippen LogP contribution in [0.5, 0.6) is 0 Å². The highest BCUT2D eigenvalue weighted by molar-refractivity contribution is 5.94. The molecule has 0 aliphatic carbocycles. The third-order valence-corrected chi connectivity index (χ3v) is 9.44. The lowest BCUT2D eigenvalue weighted by molar-refractivity contribution is -0.155. The molecule has 2 aromatic heterocycles. The van der Waals surface area contributed by atoms with Gasteiger partial charge in [-0.3, -0.25) is 19.6 Å². The van der Waals surface area contributed by atoms with Crippen LogP contribution in [0.3, 0.4) is 0 Å². The summed E-state index contributed by atoms with van der Waals surface area (Å²) in [4.78, 5) is 33.8. The summed E-state index contributed by atoms with van der Waals surface area (Å²) >= 11 is 0. The van der Waals surface area contributed by atoms with Crippen LogP contribution in [0.2, 0.25) is 0 Å². The van der Waals surface area contributed by atoms with Gasteiger partial charge in [0, 0.05) is 59.9 Å². The van der Waals surface area contributed by atoms with Gasteiger partial charge >= 0.3 is 5.97 Å². The smallest absolute Gasteiger partial charge is 0.324 e. The van der Waals surface area contributed by atoms with Gasteiger partial charge in [0.25, 0.3) is 5.91 Å². The number of hydrogen-bond donors (Lipinski definition) is 2. The fourth-order valence-electron chi connectivity index (χ4n) is 7.19. The topological polar surface area (TPSA) is 115 Å². The molecular formula is C35H48N6O4. The maximum atomic E-state index is 13.3. The normalized spacial score (nSPS) is 24.6. The van der Waals surface area contributed by atoms with E-state index in [2.05, 4.69) is 73.8 Å². The molecule has 2 saturated heterocycles. The van der Waals surface area contributed by atoms with Crippen molar-refractivity contribution >= 4 is 28.5 Å². The number of nitrogens with two attached hydrogens (primary N) is 1. The Hall–Kier alpha value is -3.47. The molecule has 3 aliphatic rings. The van der Waals surface area contributed by atoms with Crippen LogP contribution in [0.15, 0.2) is 36.5 Å². The van der Waals surface area contributed by atoms with Gasteiger partial charge in [-0.1, -0.05) is 27.7 Å². The monoisotopic (exact) mass is 616 g/mol. The zero-order valence-electron chi connectivity index (χ0n) is 27.3. The Morgan fingerprint density at radius 2 is 2.00 bits per heavy atom. The van der Waals surface area contributed by atoms with E-state index in [1.54, 1.807) is 0 Å². The number of esters is 1. The van der Waals surface area contributed by atoms with E-state index in [4.69, 9.17) is 20.2 Å². The van der Waals surface area contributed by atoms with Crippen LogP contribution in [0.25, 0.3) is 22.2 Å². The number of nitrogens with zero attached hydrogens (tertiary/aromatic N) is 4. The molecule has 0 unspecified atom stereocenters. The second-order valence-electron chi connectivity index (χ2n) is 13.9. The summed E-state index contributed by atoms with van der Waals surface area (Å²) in [5.41, 5.74) is 16.1. The number of hydrazine groups is 1. The van der Waals surface area contributed by atoms with Crippen LogP contribution in [0.4, 0.5) is 5.69 Å². The summed E-state index contributed by atoms with van der Waals surface area (Å²) in [6.07, 6.45) is 4.11. The number of carbonyl (C=O) groups is 2. The van der Waals surface area contributed by atoms with Crippen LogP contribution in [-0.4, -0.2) is 77.5 Å². The molecule has 10 nitrogen and oxygen atoms in total. The first kappa shape index (κ1) is 31.5. The number of cyclic esters (lactones) is 1. The van der Waals surface area contributed by atoms with Crippen LogP contribution >= 0.6 is 0 Å². The van der Waals surface area contributed by atoms with E-state index < -0.39 is 12.1 Å². The van der Waals surface area contributed by atoms with Gasteiger partial charge in [-0.15, -0.1) is 0 Å². The lowest BCUT2D eigenvalue weighted by Crippen LogP contribution is -2.59. The number of rotatable bonds is 3. The molecule has 0 saturated carbocycles. The number of pyridine rings is 1. The molecule has 1 aromatic carbocycles. The predicted molar refractivity (Wildman–Crippen MR) is 176 cm³/mol. The number of amides is 1. The van der Waals surface area contributed by atoms with Gasteiger partial charge in [0.15, 0.2) is 0 Å². The van der Waals surface area contributed by atoms with Crippen molar-refractivity contribution in [2.75, 3.05) is 37.7 Å². The van der Waals surface area contributed by atoms with Crippen LogP contribution in [-0.2, 0) is 32.0 Å². The standard InChI is InChI=1S/C35H48N6O4/c1-6-40-30-12-11-23-17-26(30)27(32(40)25-9-7-13-37-31(25)22(2)3)19-35(4,5)21-45-34(43)29-10-8-14-41(38-29)33(42)28(36)18-24-20-39(23)15-16-44-24/h7,9,11-13,17,22,24,28-29,38H,6,8,10,14-16,18-21,36H2,1-5H3/t24-,28-,29-/m0/s1. The second kappa shape index (κ2) is 12.7. The summed E-state index contributed by atoms with van der Waals surface area (Å²) in [7, 11) is 0. The Bertz CT molecular complexity index is 1560. The van der Waals surface area contributed by atoms with Gasteiger partial charge in [-0.25, -0.2) is 5.43 Å². The summed E-state index contributed by atoms with van der Waals surface area (Å²) in [6, 6.07) is 9.63. The molecule has 3 aliphatic heterocycles. The SMILES string of the molecule is CCn1c(-c2cccnc2C(C)C)c2c3cc(ccc31)N1CCO[C@@H](C[C@H](N)C(=O)N3CCC[C@H](N3)C(=O)OCC(C)(C)C2)C1. The number of ether oxygens (including phenoxy) is 2. The average molecular weight is 617 g/mol. The Kier molecular flexibility index (Phi) is 8.91. The van der Waals surface area contributed by atoms with Crippen molar-refractivity contribution in [1.82, 2.24) is 20.0 Å². The van der Waals surface area contributed by atoms with Gasteiger partial charge < -0.3 is 24.7 Å². The van der Waals surface area contributed by atoms with E-state index in [-0.39, 0.29) is 35.9 Å². The number of morpholine rings is 1. The van der Waals surface area contributed by atoms with Crippen molar-refractivity contribution in [3.8, 4) is 11.3 Å². The van der Waals surface area contributed by atoms with E-state index in [9.17, 15) is 9.59 Å². The van der Waals surface area contributed by atoms with Crippen LogP contribution in [0.1, 0.15) is 71.1 Å². The van der Waals surface area contributed by atoms with E-state index in [0.29, 0.717) is 45.4 Å². The van der Waals surface area contributed by atoms with Crippen LogP contribution < -0.4 is 16.1 Å². The molecule has 1 amide bonds. The lowest BCUT2D eigenvalue weighted by Gasteiger charge is -2.37. The molecule has 3 N–H and O–H groups in total. The van der Waals surface area contributed by atoms with Crippen molar-refractivity contribution in [2.24, 2.45) is 11.1 Å². The van der Waals surface area contributed by atoms with Crippen LogP contribution in [0, 0.1) is 5.41 Å². The molecule has 5 heterocycles. The molecule has 3 atom stereocenters. The van der Waals surface area contributed by atoms with Gasteiger partial charge in [0.05, 0.1) is 36.7 Å². The largest absolute Gasteiger partial charge is 0.464 e. The first-order valence-electron chi connectivity index (χ1n) is 16.5. The molecule has 3 aromatic rings. The summed E-state index contributed by atoms with van der Waals surface area (Å²) in [6.45, 7) is 14.4. The summed E-state index contributed by atoms with van der Waals surface area (Å²) < 4.78 is 14.5. The summed E-state index contributed by atoms with van der Waals surface area (Å²) in [5, 5.41) is 2.71. The van der Waals surface area contributed by atoms with Crippen molar-refractivity contribution in [3.05, 3.63) is 47.8 Å². The first-order valence-corrected chi connectivity index (χ1v) is 16.5. The zero-order valence-corrected chi connectivity index (χ0v) is 27.3. The van der Waals surface area contributed by atoms with Gasteiger partial charge in [-0.2, -0.15) is 0 Å². The predicted octanol–water partition coefficient (Wildman–Crippen LogP) is 4.39. The van der Waals surface area contributed by atoms with Gasteiger partial charge in [0.1, 0.15) is 6.04 Å². The Balaban J connectivity index is 1.49. The lowest BCUT2D eigenvalue weighted by atomic mass is 9.84.